The maximum atomic E-state index is 13.5. The van der Waals surface area contributed by atoms with Crippen molar-refractivity contribution in [2.45, 2.75) is 52.9 Å². The predicted octanol–water partition coefficient (Wildman–Crippen LogP) is 2.10. The molecule has 6 heteroatoms. The highest BCUT2D eigenvalue weighted by atomic mass is 19.1. The molecule has 0 amide bonds. The van der Waals surface area contributed by atoms with Crippen LogP contribution >= 0.6 is 0 Å². The topological polar surface area (TPSA) is 59.9 Å². The molecular weight excluding hydrogens is 319 g/mol. The van der Waals surface area contributed by atoms with Gasteiger partial charge in [-0.05, 0) is 44.4 Å². The molecule has 0 aliphatic carbocycles. The first kappa shape index (κ1) is 19.7. The zero-order valence-electron chi connectivity index (χ0n) is 15.7. The van der Waals surface area contributed by atoms with E-state index in [1.54, 1.807) is 12.1 Å². The molecule has 2 rings (SSSR count). The summed E-state index contributed by atoms with van der Waals surface area (Å²) in [4.78, 5) is 7.10. The van der Waals surface area contributed by atoms with Gasteiger partial charge in [-0.3, -0.25) is 4.90 Å². The summed E-state index contributed by atoms with van der Waals surface area (Å²) in [6.07, 6.45) is 0. The molecule has 140 valence electrons. The van der Waals surface area contributed by atoms with Crippen LogP contribution in [0.1, 0.15) is 38.8 Å². The lowest BCUT2D eigenvalue weighted by Crippen LogP contribution is -2.46. The molecule has 1 aliphatic heterocycles. The van der Waals surface area contributed by atoms with Crippen molar-refractivity contribution in [1.82, 2.24) is 15.5 Å². The van der Waals surface area contributed by atoms with Crippen molar-refractivity contribution >= 4 is 5.96 Å². The maximum absolute atomic E-state index is 13.5. The summed E-state index contributed by atoms with van der Waals surface area (Å²) in [5, 5.41) is 16.0. The van der Waals surface area contributed by atoms with Crippen molar-refractivity contribution in [2.75, 3.05) is 19.6 Å². The molecule has 0 saturated carbocycles. The lowest BCUT2D eigenvalue weighted by molar-refractivity contribution is 0.265. The molecule has 1 aromatic rings. The van der Waals surface area contributed by atoms with Crippen molar-refractivity contribution in [3.63, 3.8) is 0 Å². The van der Waals surface area contributed by atoms with E-state index in [1.807, 2.05) is 6.92 Å². The average Bonchev–Trinajstić information content (AvgIpc) is 2.95. The second-order valence-corrected chi connectivity index (χ2v) is 7.05. The minimum absolute atomic E-state index is 0.299. The van der Waals surface area contributed by atoms with Crippen LogP contribution in [0.4, 0.5) is 4.39 Å². The Hall–Kier alpha value is -1.66. The predicted molar refractivity (Wildman–Crippen MR) is 99.9 cm³/mol. The number of guanidine groups is 1. The third-order valence-corrected chi connectivity index (χ3v) is 4.74. The van der Waals surface area contributed by atoms with Gasteiger partial charge >= 0.3 is 0 Å². The van der Waals surface area contributed by atoms with Crippen molar-refractivity contribution in [3.8, 4) is 0 Å². The lowest BCUT2D eigenvalue weighted by atomic mass is 10.1. The number of aliphatic hydroxyl groups is 1. The third kappa shape index (κ3) is 5.41. The maximum Gasteiger partial charge on any atom is 0.191 e. The van der Waals surface area contributed by atoms with Crippen molar-refractivity contribution in [1.29, 1.82) is 0 Å². The van der Waals surface area contributed by atoms with Crippen LogP contribution in [0.3, 0.4) is 0 Å². The molecule has 5 nitrogen and oxygen atoms in total. The first-order chi connectivity index (χ1) is 11.9. The van der Waals surface area contributed by atoms with E-state index in [1.165, 1.54) is 6.07 Å². The van der Waals surface area contributed by atoms with E-state index in [4.69, 9.17) is 0 Å². The van der Waals surface area contributed by atoms with E-state index >= 15 is 0 Å². The highest BCUT2D eigenvalue weighted by molar-refractivity contribution is 5.80. The summed E-state index contributed by atoms with van der Waals surface area (Å²) in [5.41, 5.74) is 1.19. The highest BCUT2D eigenvalue weighted by Crippen LogP contribution is 2.18. The van der Waals surface area contributed by atoms with Gasteiger partial charge in [0.05, 0.1) is 13.2 Å². The van der Waals surface area contributed by atoms with Gasteiger partial charge in [-0.15, -0.1) is 0 Å². The fourth-order valence-corrected chi connectivity index (χ4v) is 3.13. The van der Waals surface area contributed by atoms with E-state index in [2.05, 4.69) is 41.3 Å². The van der Waals surface area contributed by atoms with Gasteiger partial charge in [-0.1, -0.05) is 13.0 Å². The molecule has 2 atom stereocenters. The highest BCUT2D eigenvalue weighted by Gasteiger charge is 2.31. The van der Waals surface area contributed by atoms with Gasteiger partial charge in [0.2, 0.25) is 0 Å². The number of hydrogen-bond donors (Lipinski definition) is 3. The zero-order valence-corrected chi connectivity index (χ0v) is 15.7. The Balaban J connectivity index is 2.03. The molecule has 1 fully saturated rings. The van der Waals surface area contributed by atoms with Crippen LogP contribution in [-0.2, 0) is 13.2 Å². The molecule has 0 bridgehead atoms. The van der Waals surface area contributed by atoms with E-state index in [0.29, 0.717) is 30.1 Å². The number of aliphatic imine (C=N–C) groups is 1. The number of halogens is 1. The van der Waals surface area contributed by atoms with Crippen LogP contribution in [0.25, 0.3) is 0 Å². The van der Waals surface area contributed by atoms with Gasteiger partial charge in [0.25, 0.3) is 0 Å². The second-order valence-electron chi connectivity index (χ2n) is 7.05. The Kier molecular flexibility index (Phi) is 7.20. The molecule has 3 N–H and O–H groups in total. The summed E-state index contributed by atoms with van der Waals surface area (Å²) < 4.78 is 13.5. The quantitative estimate of drug-likeness (QED) is 0.543. The Bertz CT molecular complexity index is 591. The smallest absolute Gasteiger partial charge is 0.191 e. The molecule has 0 spiro atoms. The number of benzene rings is 1. The van der Waals surface area contributed by atoms with Crippen LogP contribution in [0.15, 0.2) is 23.2 Å². The van der Waals surface area contributed by atoms with E-state index in [-0.39, 0.29) is 12.4 Å². The van der Waals surface area contributed by atoms with Crippen molar-refractivity contribution < 1.29 is 9.50 Å². The monoisotopic (exact) mass is 350 g/mol. The molecule has 1 aliphatic rings. The summed E-state index contributed by atoms with van der Waals surface area (Å²) >= 11 is 0. The Labute approximate surface area is 150 Å². The first-order valence-corrected chi connectivity index (χ1v) is 9.11. The molecule has 0 radical (unpaired) electrons. The zero-order chi connectivity index (χ0) is 18.4. The molecule has 25 heavy (non-hydrogen) atoms. The number of hydrogen-bond acceptors (Lipinski definition) is 3. The fraction of sp³-hybridized carbons (Fsp3) is 0.632. The SMILES string of the molecule is CCNC(=NCc1ccc(F)c(CO)c1)NC1CN(C(C)C)CC1C. The normalized spacial score (nSPS) is 21.8. The molecule has 0 aromatic heterocycles. The number of nitrogens with one attached hydrogen (secondary N) is 2. The first-order valence-electron chi connectivity index (χ1n) is 9.11. The Morgan fingerprint density at radius 2 is 2.16 bits per heavy atom. The molecule has 2 unspecified atom stereocenters. The Morgan fingerprint density at radius 1 is 1.40 bits per heavy atom. The van der Waals surface area contributed by atoms with E-state index in [0.717, 1.165) is 31.2 Å². The van der Waals surface area contributed by atoms with Crippen LogP contribution < -0.4 is 10.6 Å². The number of rotatable bonds is 6. The third-order valence-electron chi connectivity index (χ3n) is 4.74. The number of likely N-dealkylation sites (tertiary alicyclic amines) is 1. The largest absolute Gasteiger partial charge is 0.392 e. The minimum Gasteiger partial charge on any atom is -0.392 e. The Morgan fingerprint density at radius 3 is 2.76 bits per heavy atom. The number of aliphatic hydroxyl groups excluding tert-OH is 1. The van der Waals surface area contributed by atoms with Gasteiger partial charge in [0, 0.05) is 37.3 Å². The fourth-order valence-electron chi connectivity index (χ4n) is 3.13. The standard InChI is InChI=1S/C19H31FN4O/c1-5-21-19(23-18-11-24(13(2)3)10-14(18)4)22-9-15-6-7-17(20)16(8-15)12-25/h6-8,13-14,18,25H,5,9-12H2,1-4H3,(H2,21,22,23). The molecular formula is C19H31FN4O. The lowest BCUT2D eigenvalue weighted by Gasteiger charge is -2.22. The minimum atomic E-state index is -0.381. The second kappa shape index (κ2) is 9.15. The van der Waals surface area contributed by atoms with E-state index < -0.39 is 0 Å². The van der Waals surface area contributed by atoms with Crippen LogP contribution in [0.5, 0.6) is 0 Å². The molecule has 1 aromatic carbocycles. The number of nitrogens with zero attached hydrogens (tertiary/aromatic N) is 2. The molecule has 1 saturated heterocycles. The summed E-state index contributed by atoms with van der Waals surface area (Å²) in [7, 11) is 0. The van der Waals surface area contributed by atoms with Gasteiger partial charge in [-0.2, -0.15) is 0 Å². The van der Waals surface area contributed by atoms with Gasteiger partial charge < -0.3 is 15.7 Å². The van der Waals surface area contributed by atoms with Crippen molar-refractivity contribution in [2.24, 2.45) is 10.9 Å². The van der Waals surface area contributed by atoms with Crippen LogP contribution in [0.2, 0.25) is 0 Å². The average molecular weight is 350 g/mol. The summed E-state index contributed by atoms with van der Waals surface area (Å²) in [5.74, 6) is 0.951. The van der Waals surface area contributed by atoms with E-state index in [9.17, 15) is 9.50 Å². The summed E-state index contributed by atoms with van der Waals surface area (Å²) in [6, 6.07) is 5.67. The van der Waals surface area contributed by atoms with Crippen LogP contribution in [0, 0.1) is 11.7 Å². The van der Waals surface area contributed by atoms with Gasteiger partial charge in [0.1, 0.15) is 5.82 Å². The van der Waals surface area contributed by atoms with Gasteiger partial charge in [0.15, 0.2) is 5.96 Å². The van der Waals surface area contributed by atoms with Crippen molar-refractivity contribution in [3.05, 3.63) is 35.1 Å². The molecule has 1 heterocycles. The summed E-state index contributed by atoms with van der Waals surface area (Å²) in [6.45, 7) is 11.8. The van der Waals surface area contributed by atoms with Gasteiger partial charge in [-0.25, -0.2) is 9.38 Å². The van der Waals surface area contributed by atoms with Crippen LogP contribution in [-0.4, -0.2) is 47.7 Å².